The van der Waals surface area contributed by atoms with E-state index in [0.29, 0.717) is 6.04 Å². The van der Waals surface area contributed by atoms with E-state index in [2.05, 4.69) is 40.7 Å². The molecule has 1 aromatic carbocycles. The lowest BCUT2D eigenvalue weighted by atomic mass is 10.1. The molecule has 72 valence electrons. The van der Waals surface area contributed by atoms with Crippen LogP contribution in [-0.2, 0) is 6.42 Å². The van der Waals surface area contributed by atoms with Crippen LogP contribution in [-0.4, -0.2) is 9.55 Å². The highest BCUT2D eigenvalue weighted by Crippen LogP contribution is 2.28. The van der Waals surface area contributed by atoms with Crippen LogP contribution in [0.15, 0.2) is 24.3 Å². The van der Waals surface area contributed by atoms with Crippen LogP contribution in [0.1, 0.15) is 31.6 Å². The van der Waals surface area contributed by atoms with Crippen molar-refractivity contribution in [1.82, 2.24) is 9.55 Å². The molecule has 0 radical (unpaired) electrons. The number of hydrogen-bond acceptors (Lipinski definition) is 1. The summed E-state index contributed by atoms with van der Waals surface area (Å²) in [6, 6.07) is 9.05. The van der Waals surface area contributed by atoms with Gasteiger partial charge in [-0.2, -0.15) is 0 Å². The van der Waals surface area contributed by atoms with Crippen molar-refractivity contribution in [2.24, 2.45) is 0 Å². The van der Waals surface area contributed by atoms with Gasteiger partial charge < -0.3 is 4.57 Å². The summed E-state index contributed by atoms with van der Waals surface area (Å²) >= 11 is 0. The van der Waals surface area contributed by atoms with Crippen LogP contribution in [0.4, 0.5) is 0 Å². The van der Waals surface area contributed by atoms with Crippen LogP contribution >= 0.6 is 0 Å². The van der Waals surface area contributed by atoms with E-state index >= 15 is 0 Å². The Bertz CT molecular complexity index is 470. The number of hydrogen-bond donors (Lipinski definition) is 0. The fourth-order valence-corrected chi connectivity index (χ4v) is 2.45. The number of nitrogens with zero attached hydrogens (tertiary/aromatic N) is 2. The number of fused-ring (bicyclic) bond motifs is 3. The summed E-state index contributed by atoms with van der Waals surface area (Å²) < 4.78 is 2.40. The summed E-state index contributed by atoms with van der Waals surface area (Å²) in [5, 5.41) is 0. The smallest absolute Gasteiger partial charge is 0.110 e. The largest absolute Gasteiger partial charge is 0.325 e. The van der Waals surface area contributed by atoms with Gasteiger partial charge in [0.2, 0.25) is 0 Å². The average molecular weight is 186 g/mol. The predicted octanol–water partition coefficient (Wildman–Crippen LogP) is 2.93. The summed E-state index contributed by atoms with van der Waals surface area (Å²) in [7, 11) is 0. The lowest BCUT2D eigenvalue weighted by molar-refractivity contribution is 0.435. The van der Waals surface area contributed by atoms with Crippen LogP contribution in [0, 0.1) is 0 Å². The molecule has 1 aliphatic heterocycles. The van der Waals surface area contributed by atoms with E-state index < -0.39 is 0 Å². The number of aryl methyl sites for hydroxylation is 1. The zero-order valence-corrected chi connectivity index (χ0v) is 8.40. The molecular weight excluding hydrogens is 172 g/mol. The quantitative estimate of drug-likeness (QED) is 0.618. The monoisotopic (exact) mass is 186 g/mol. The molecule has 0 N–H and O–H groups in total. The van der Waals surface area contributed by atoms with E-state index in [1.807, 2.05) is 0 Å². The molecule has 1 aliphatic rings. The van der Waals surface area contributed by atoms with Crippen molar-refractivity contribution in [3.05, 3.63) is 30.1 Å². The molecule has 0 amide bonds. The van der Waals surface area contributed by atoms with Gasteiger partial charge in [-0.3, -0.25) is 0 Å². The van der Waals surface area contributed by atoms with Crippen molar-refractivity contribution < 1.29 is 0 Å². The molecule has 0 spiro atoms. The third-order valence-electron chi connectivity index (χ3n) is 3.13. The van der Waals surface area contributed by atoms with E-state index in [-0.39, 0.29) is 0 Å². The molecule has 2 heterocycles. The van der Waals surface area contributed by atoms with Gasteiger partial charge in [0.1, 0.15) is 5.82 Å². The number of para-hydroxylation sites is 2. The number of aromatic nitrogens is 2. The Morgan fingerprint density at radius 2 is 2.21 bits per heavy atom. The molecule has 1 atom stereocenters. The highest BCUT2D eigenvalue weighted by molar-refractivity contribution is 5.76. The van der Waals surface area contributed by atoms with Gasteiger partial charge in [0, 0.05) is 12.5 Å². The van der Waals surface area contributed by atoms with E-state index in [9.17, 15) is 0 Å². The van der Waals surface area contributed by atoms with Crippen molar-refractivity contribution in [3.8, 4) is 0 Å². The molecule has 2 heteroatoms. The van der Waals surface area contributed by atoms with E-state index in [1.165, 1.54) is 24.2 Å². The Balaban J connectivity index is 2.34. The van der Waals surface area contributed by atoms with Crippen molar-refractivity contribution in [2.45, 2.75) is 32.2 Å². The highest BCUT2D eigenvalue weighted by atomic mass is 15.1. The standard InChI is InChI=1S/C12H14N2/c1-9-5-4-8-12-13-10-6-2-3-7-11(10)14(9)12/h2-3,6-7,9H,4-5,8H2,1H3. The summed E-state index contributed by atoms with van der Waals surface area (Å²) in [6.45, 7) is 2.29. The van der Waals surface area contributed by atoms with Crippen LogP contribution in [0.3, 0.4) is 0 Å². The topological polar surface area (TPSA) is 17.8 Å². The Morgan fingerprint density at radius 1 is 1.36 bits per heavy atom. The molecule has 0 fully saturated rings. The highest BCUT2D eigenvalue weighted by Gasteiger charge is 2.19. The molecule has 0 saturated heterocycles. The zero-order valence-electron chi connectivity index (χ0n) is 8.40. The van der Waals surface area contributed by atoms with Crippen molar-refractivity contribution in [1.29, 1.82) is 0 Å². The first-order valence-electron chi connectivity index (χ1n) is 5.32. The average Bonchev–Trinajstić information content (AvgIpc) is 2.57. The molecule has 2 aromatic rings. The molecule has 1 unspecified atom stereocenters. The second-order valence-corrected chi connectivity index (χ2v) is 4.13. The lowest BCUT2D eigenvalue weighted by Crippen LogP contribution is -2.14. The summed E-state index contributed by atoms with van der Waals surface area (Å²) in [5.74, 6) is 1.27. The molecule has 2 nitrogen and oxygen atoms in total. The molecule has 14 heavy (non-hydrogen) atoms. The van der Waals surface area contributed by atoms with Crippen LogP contribution in [0.5, 0.6) is 0 Å². The molecule has 0 saturated carbocycles. The van der Waals surface area contributed by atoms with Gasteiger partial charge in [-0.1, -0.05) is 12.1 Å². The van der Waals surface area contributed by atoms with Crippen molar-refractivity contribution >= 4 is 11.0 Å². The summed E-state index contributed by atoms with van der Waals surface area (Å²) in [4.78, 5) is 4.67. The van der Waals surface area contributed by atoms with Crippen LogP contribution in [0.25, 0.3) is 11.0 Å². The maximum atomic E-state index is 4.67. The maximum absolute atomic E-state index is 4.67. The molecular formula is C12H14N2. The first kappa shape index (κ1) is 8.04. The summed E-state index contributed by atoms with van der Waals surface area (Å²) in [6.07, 6.45) is 3.71. The van der Waals surface area contributed by atoms with E-state index in [4.69, 9.17) is 0 Å². The van der Waals surface area contributed by atoms with Crippen LogP contribution < -0.4 is 0 Å². The molecule has 1 aromatic heterocycles. The van der Waals surface area contributed by atoms with Crippen molar-refractivity contribution in [3.63, 3.8) is 0 Å². The van der Waals surface area contributed by atoms with E-state index in [0.717, 1.165) is 11.9 Å². The number of imidazole rings is 1. The Kier molecular flexibility index (Phi) is 1.63. The second-order valence-electron chi connectivity index (χ2n) is 4.13. The zero-order chi connectivity index (χ0) is 9.54. The molecule has 0 aliphatic carbocycles. The van der Waals surface area contributed by atoms with Gasteiger partial charge in [-0.15, -0.1) is 0 Å². The normalized spacial score (nSPS) is 21.1. The fourth-order valence-electron chi connectivity index (χ4n) is 2.45. The third kappa shape index (κ3) is 0.999. The Labute approximate surface area is 83.6 Å². The SMILES string of the molecule is CC1CCCc2nc3ccccc3n21. The van der Waals surface area contributed by atoms with Gasteiger partial charge in [0.25, 0.3) is 0 Å². The number of benzene rings is 1. The minimum atomic E-state index is 0.617. The number of rotatable bonds is 0. The van der Waals surface area contributed by atoms with Gasteiger partial charge in [-0.05, 0) is 31.9 Å². The fraction of sp³-hybridized carbons (Fsp3) is 0.417. The summed E-state index contributed by atoms with van der Waals surface area (Å²) in [5.41, 5.74) is 2.45. The molecule has 3 rings (SSSR count). The van der Waals surface area contributed by atoms with Gasteiger partial charge in [0.15, 0.2) is 0 Å². The predicted molar refractivity (Wildman–Crippen MR) is 57.4 cm³/mol. The lowest BCUT2D eigenvalue weighted by Gasteiger charge is -2.22. The van der Waals surface area contributed by atoms with Gasteiger partial charge >= 0.3 is 0 Å². The van der Waals surface area contributed by atoms with Gasteiger partial charge in [-0.25, -0.2) is 4.98 Å². The van der Waals surface area contributed by atoms with Gasteiger partial charge in [0.05, 0.1) is 11.0 Å². The second kappa shape index (κ2) is 2.84. The Hall–Kier alpha value is -1.31. The van der Waals surface area contributed by atoms with Crippen molar-refractivity contribution in [2.75, 3.05) is 0 Å². The third-order valence-corrected chi connectivity index (χ3v) is 3.13. The molecule has 0 bridgehead atoms. The minimum absolute atomic E-state index is 0.617. The Morgan fingerprint density at radius 3 is 3.14 bits per heavy atom. The van der Waals surface area contributed by atoms with Crippen LogP contribution in [0.2, 0.25) is 0 Å². The first-order valence-corrected chi connectivity index (χ1v) is 5.32. The maximum Gasteiger partial charge on any atom is 0.110 e. The first-order chi connectivity index (χ1) is 6.86. The minimum Gasteiger partial charge on any atom is -0.325 e. The van der Waals surface area contributed by atoms with E-state index in [1.54, 1.807) is 0 Å².